The summed E-state index contributed by atoms with van der Waals surface area (Å²) in [4.78, 5) is 2.40. The first-order valence-corrected chi connectivity index (χ1v) is 7.26. The fourth-order valence-corrected chi connectivity index (χ4v) is 2.47. The number of nitrogens with zero attached hydrogens (tertiary/aromatic N) is 1. The topological polar surface area (TPSA) is 29.3 Å². The van der Waals surface area contributed by atoms with E-state index in [1.807, 2.05) is 12.1 Å². The number of hydrogen-bond donors (Lipinski definition) is 1. The number of anilines is 2. The van der Waals surface area contributed by atoms with E-state index in [2.05, 4.69) is 56.0 Å². The van der Waals surface area contributed by atoms with Gasteiger partial charge >= 0.3 is 0 Å². The van der Waals surface area contributed by atoms with Gasteiger partial charge in [0.15, 0.2) is 0 Å². The summed E-state index contributed by atoms with van der Waals surface area (Å²) < 4.78 is 0. The van der Waals surface area contributed by atoms with Crippen molar-refractivity contribution in [2.24, 2.45) is 0 Å². The third-order valence-electron chi connectivity index (χ3n) is 3.59. The van der Waals surface area contributed by atoms with E-state index in [9.17, 15) is 0 Å². The van der Waals surface area contributed by atoms with Gasteiger partial charge in [-0.2, -0.15) is 0 Å². The molecular weight excluding hydrogens is 244 g/mol. The zero-order chi connectivity index (χ0) is 14.5. The third kappa shape index (κ3) is 3.53. The summed E-state index contributed by atoms with van der Waals surface area (Å²) in [5.74, 6) is 0. The molecule has 0 spiro atoms. The minimum Gasteiger partial charge on any atom is -0.399 e. The summed E-state index contributed by atoms with van der Waals surface area (Å²) >= 11 is 0. The largest absolute Gasteiger partial charge is 0.399 e. The standard InChI is InChI=1S/C18H24N2/c1-4-10-20(18-7-5-6-17(19)12-18)13-16-11-14(2)8-9-15(16)3/h5-9,11-12H,4,10,13,19H2,1-3H3. The summed E-state index contributed by atoms with van der Waals surface area (Å²) in [7, 11) is 0. The summed E-state index contributed by atoms with van der Waals surface area (Å²) in [5, 5.41) is 0. The lowest BCUT2D eigenvalue weighted by molar-refractivity contribution is 0.764. The molecule has 0 radical (unpaired) electrons. The molecule has 20 heavy (non-hydrogen) atoms. The van der Waals surface area contributed by atoms with Crippen LogP contribution in [0.25, 0.3) is 0 Å². The van der Waals surface area contributed by atoms with Gasteiger partial charge in [-0.3, -0.25) is 0 Å². The van der Waals surface area contributed by atoms with Gasteiger partial charge in [0.05, 0.1) is 0 Å². The van der Waals surface area contributed by atoms with E-state index in [0.29, 0.717) is 0 Å². The molecule has 0 atom stereocenters. The Bertz CT molecular complexity index is 575. The predicted octanol–water partition coefficient (Wildman–Crippen LogP) is 4.30. The second-order valence-electron chi connectivity index (χ2n) is 5.45. The molecule has 106 valence electrons. The van der Waals surface area contributed by atoms with Crippen LogP contribution in [-0.2, 0) is 6.54 Å². The number of nitrogens with two attached hydrogens (primary N) is 1. The van der Waals surface area contributed by atoms with E-state index in [1.165, 1.54) is 22.4 Å². The minimum absolute atomic E-state index is 0.824. The van der Waals surface area contributed by atoms with Crippen LogP contribution in [0.2, 0.25) is 0 Å². The second kappa shape index (κ2) is 6.47. The lowest BCUT2D eigenvalue weighted by Gasteiger charge is -2.26. The fraction of sp³-hybridized carbons (Fsp3) is 0.333. The van der Waals surface area contributed by atoms with Crippen molar-refractivity contribution in [3.05, 3.63) is 59.2 Å². The fourth-order valence-electron chi connectivity index (χ4n) is 2.47. The lowest BCUT2D eigenvalue weighted by Crippen LogP contribution is -2.24. The highest BCUT2D eigenvalue weighted by molar-refractivity contribution is 5.56. The van der Waals surface area contributed by atoms with Crippen LogP contribution in [0.5, 0.6) is 0 Å². The molecule has 0 aliphatic heterocycles. The average molecular weight is 268 g/mol. The quantitative estimate of drug-likeness (QED) is 0.819. The van der Waals surface area contributed by atoms with Crippen molar-refractivity contribution < 1.29 is 0 Å². The van der Waals surface area contributed by atoms with E-state index < -0.39 is 0 Å². The van der Waals surface area contributed by atoms with Crippen molar-refractivity contribution >= 4 is 11.4 Å². The van der Waals surface area contributed by atoms with Gasteiger partial charge in [-0.25, -0.2) is 0 Å². The minimum atomic E-state index is 0.824. The number of hydrogen-bond acceptors (Lipinski definition) is 2. The summed E-state index contributed by atoms with van der Waals surface area (Å²) in [6.45, 7) is 8.51. The number of nitrogen functional groups attached to an aromatic ring is 1. The van der Waals surface area contributed by atoms with Crippen LogP contribution >= 0.6 is 0 Å². The van der Waals surface area contributed by atoms with Gasteiger partial charge < -0.3 is 10.6 Å². The van der Waals surface area contributed by atoms with E-state index in [-0.39, 0.29) is 0 Å². The molecule has 0 aromatic heterocycles. The highest BCUT2D eigenvalue weighted by Gasteiger charge is 2.08. The molecule has 0 saturated carbocycles. The number of aryl methyl sites for hydroxylation is 2. The van der Waals surface area contributed by atoms with Crippen molar-refractivity contribution in [2.45, 2.75) is 33.7 Å². The molecule has 0 aliphatic rings. The van der Waals surface area contributed by atoms with Gasteiger partial charge in [0.1, 0.15) is 0 Å². The van der Waals surface area contributed by atoms with Crippen LogP contribution in [0.4, 0.5) is 11.4 Å². The van der Waals surface area contributed by atoms with Crippen LogP contribution in [-0.4, -0.2) is 6.54 Å². The molecule has 2 aromatic carbocycles. The normalized spacial score (nSPS) is 10.6. The van der Waals surface area contributed by atoms with Gasteiger partial charge in [-0.05, 0) is 49.6 Å². The van der Waals surface area contributed by atoms with Gasteiger partial charge in [0.25, 0.3) is 0 Å². The molecule has 0 heterocycles. The maximum atomic E-state index is 5.91. The molecule has 2 rings (SSSR count). The van der Waals surface area contributed by atoms with Gasteiger partial charge in [-0.1, -0.05) is 36.8 Å². The lowest BCUT2D eigenvalue weighted by atomic mass is 10.0. The zero-order valence-electron chi connectivity index (χ0n) is 12.7. The molecule has 0 amide bonds. The van der Waals surface area contributed by atoms with Crippen LogP contribution < -0.4 is 10.6 Å². The van der Waals surface area contributed by atoms with Crippen molar-refractivity contribution in [1.82, 2.24) is 0 Å². The molecule has 0 bridgehead atoms. The maximum Gasteiger partial charge on any atom is 0.0432 e. The van der Waals surface area contributed by atoms with Crippen LogP contribution in [0.3, 0.4) is 0 Å². The Kier molecular flexibility index (Phi) is 4.67. The van der Waals surface area contributed by atoms with Crippen molar-refractivity contribution in [1.29, 1.82) is 0 Å². The monoisotopic (exact) mass is 268 g/mol. The Morgan fingerprint density at radius 1 is 1.05 bits per heavy atom. The molecule has 2 heteroatoms. The SMILES string of the molecule is CCCN(Cc1cc(C)ccc1C)c1cccc(N)c1. The number of rotatable bonds is 5. The van der Waals surface area contributed by atoms with E-state index in [1.54, 1.807) is 0 Å². The average Bonchev–Trinajstić information content (AvgIpc) is 2.42. The third-order valence-corrected chi connectivity index (χ3v) is 3.59. The molecule has 0 aliphatic carbocycles. The van der Waals surface area contributed by atoms with Gasteiger partial charge in [0, 0.05) is 24.5 Å². The highest BCUT2D eigenvalue weighted by atomic mass is 15.1. The first kappa shape index (κ1) is 14.4. The van der Waals surface area contributed by atoms with Crippen LogP contribution in [0.15, 0.2) is 42.5 Å². The molecule has 2 N–H and O–H groups in total. The second-order valence-corrected chi connectivity index (χ2v) is 5.45. The van der Waals surface area contributed by atoms with Gasteiger partial charge in [0.2, 0.25) is 0 Å². The molecule has 2 aromatic rings. The van der Waals surface area contributed by atoms with E-state index in [0.717, 1.165) is 25.2 Å². The Morgan fingerprint density at radius 3 is 2.55 bits per heavy atom. The Balaban J connectivity index is 2.27. The highest BCUT2D eigenvalue weighted by Crippen LogP contribution is 2.22. The molecule has 0 unspecified atom stereocenters. The maximum absolute atomic E-state index is 5.91. The van der Waals surface area contributed by atoms with Crippen molar-refractivity contribution in [3.8, 4) is 0 Å². The first-order chi connectivity index (χ1) is 9.60. The molecule has 0 fully saturated rings. The predicted molar refractivity (Wildman–Crippen MR) is 88.1 cm³/mol. The molecule has 2 nitrogen and oxygen atoms in total. The van der Waals surface area contributed by atoms with Gasteiger partial charge in [-0.15, -0.1) is 0 Å². The van der Waals surface area contributed by atoms with E-state index >= 15 is 0 Å². The Labute approximate surface area is 122 Å². The summed E-state index contributed by atoms with van der Waals surface area (Å²) in [6.07, 6.45) is 1.12. The first-order valence-electron chi connectivity index (χ1n) is 7.26. The smallest absolute Gasteiger partial charge is 0.0432 e. The van der Waals surface area contributed by atoms with Crippen LogP contribution in [0, 0.1) is 13.8 Å². The van der Waals surface area contributed by atoms with Crippen molar-refractivity contribution in [2.75, 3.05) is 17.2 Å². The number of benzene rings is 2. The summed E-state index contributed by atoms with van der Waals surface area (Å²) in [5.41, 5.74) is 12.0. The molecule has 0 saturated heterocycles. The van der Waals surface area contributed by atoms with Crippen LogP contribution in [0.1, 0.15) is 30.0 Å². The Hall–Kier alpha value is -1.96. The van der Waals surface area contributed by atoms with E-state index in [4.69, 9.17) is 5.73 Å². The zero-order valence-corrected chi connectivity index (χ0v) is 12.7. The Morgan fingerprint density at radius 2 is 1.85 bits per heavy atom. The summed E-state index contributed by atoms with van der Waals surface area (Å²) in [6, 6.07) is 14.8. The molecular formula is C18H24N2. The van der Waals surface area contributed by atoms with Crippen molar-refractivity contribution in [3.63, 3.8) is 0 Å².